The Balaban J connectivity index is 3.04. The summed E-state index contributed by atoms with van der Waals surface area (Å²) >= 11 is 0. The largest absolute Gasteiger partial charge is 0.478 e. The number of rotatable bonds is 2. The Bertz CT molecular complexity index is 383. The third-order valence-electron chi connectivity index (χ3n) is 1.66. The molecule has 0 heterocycles. The number of aromatic carboxylic acids is 1. The molecule has 0 bridgehead atoms. The van der Waals surface area contributed by atoms with Crippen molar-refractivity contribution in [1.29, 1.82) is 0 Å². The van der Waals surface area contributed by atoms with Gasteiger partial charge in [0.05, 0.1) is 5.56 Å². The van der Waals surface area contributed by atoms with E-state index in [0.29, 0.717) is 5.69 Å². The highest BCUT2D eigenvalue weighted by atomic mass is 19.1. The number of anilines is 1. The van der Waals surface area contributed by atoms with Crippen molar-refractivity contribution < 1.29 is 14.3 Å². The average Bonchev–Trinajstić information content (AvgIpc) is 1.99. The van der Waals surface area contributed by atoms with Crippen LogP contribution in [0, 0.1) is 5.82 Å². The molecule has 4 heteroatoms. The first-order chi connectivity index (χ1) is 6.78. The molecule has 0 saturated heterocycles. The van der Waals surface area contributed by atoms with Gasteiger partial charge in [-0.3, -0.25) is 0 Å². The fourth-order valence-corrected chi connectivity index (χ4v) is 1.22. The van der Waals surface area contributed by atoms with Crippen molar-refractivity contribution in [2.75, 3.05) is 5.32 Å². The predicted octanol–water partition coefficient (Wildman–Crippen LogP) is 2.73. The zero-order chi connectivity index (χ0) is 11.6. The lowest BCUT2D eigenvalue weighted by Crippen LogP contribution is -2.26. The van der Waals surface area contributed by atoms with Gasteiger partial charge in [0, 0.05) is 11.2 Å². The molecule has 0 spiro atoms. The number of carbonyl (C=O) groups is 1. The summed E-state index contributed by atoms with van der Waals surface area (Å²) in [6, 6.07) is 3.69. The maximum Gasteiger partial charge on any atom is 0.335 e. The van der Waals surface area contributed by atoms with Crippen molar-refractivity contribution in [2.45, 2.75) is 26.3 Å². The first-order valence-electron chi connectivity index (χ1n) is 4.60. The van der Waals surface area contributed by atoms with Crippen molar-refractivity contribution in [2.24, 2.45) is 0 Å². The van der Waals surface area contributed by atoms with E-state index in [0.717, 1.165) is 6.07 Å². The maximum absolute atomic E-state index is 13.1. The number of nitrogens with one attached hydrogen (secondary N) is 1. The molecule has 1 rings (SSSR count). The van der Waals surface area contributed by atoms with Gasteiger partial charge in [0.1, 0.15) is 5.82 Å². The minimum atomic E-state index is -1.13. The number of carboxylic acids is 1. The lowest BCUT2D eigenvalue weighted by Gasteiger charge is -2.22. The van der Waals surface area contributed by atoms with E-state index >= 15 is 0 Å². The van der Waals surface area contributed by atoms with Crippen LogP contribution in [-0.4, -0.2) is 16.6 Å². The van der Waals surface area contributed by atoms with Crippen molar-refractivity contribution in [3.05, 3.63) is 29.6 Å². The lowest BCUT2D eigenvalue weighted by molar-refractivity contribution is 0.0696. The van der Waals surface area contributed by atoms with Crippen LogP contribution >= 0.6 is 0 Å². The second-order valence-electron chi connectivity index (χ2n) is 4.41. The van der Waals surface area contributed by atoms with Crippen molar-refractivity contribution in [3.8, 4) is 0 Å². The molecular formula is C11H14FNO2. The fourth-order valence-electron chi connectivity index (χ4n) is 1.22. The predicted molar refractivity (Wildman–Crippen MR) is 56.7 cm³/mol. The van der Waals surface area contributed by atoms with Crippen LogP contribution in [0.5, 0.6) is 0 Å². The van der Waals surface area contributed by atoms with Crippen LogP contribution in [-0.2, 0) is 0 Å². The molecule has 0 aromatic heterocycles. The highest BCUT2D eigenvalue weighted by Gasteiger charge is 2.12. The van der Waals surface area contributed by atoms with E-state index in [-0.39, 0.29) is 11.1 Å². The second kappa shape index (κ2) is 3.88. The molecule has 2 N–H and O–H groups in total. The van der Waals surface area contributed by atoms with Gasteiger partial charge in [0.15, 0.2) is 0 Å². The minimum absolute atomic E-state index is 0.0539. The molecule has 0 unspecified atom stereocenters. The Hall–Kier alpha value is -1.58. The Labute approximate surface area is 87.9 Å². The monoisotopic (exact) mass is 211 g/mol. The van der Waals surface area contributed by atoms with E-state index in [4.69, 9.17) is 5.11 Å². The van der Waals surface area contributed by atoms with E-state index < -0.39 is 11.8 Å². The molecule has 0 fully saturated rings. The highest BCUT2D eigenvalue weighted by Crippen LogP contribution is 2.18. The fraction of sp³-hybridized carbons (Fsp3) is 0.364. The topological polar surface area (TPSA) is 49.3 Å². The van der Waals surface area contributed by atoms with Crippen LogP contribution in [0.2, 0.25) is 0 Å². The third-order valence-corrected chi connectivity index (χ3v) is 1.66. The molecule has 0 radical (unpaired) electrons. The first-order valence-corrected chi connectivity index (χ1v) is 4.60. The maximum atomic E-state index is 13.1. The van der Waals surface area contributed by atoms with Crippen LogP contribution in [0.1, 0.15) is 31.1 Å². The molecular weight excluding hydrogens is 197 g/mol. The quantitative estimate of drug-likeness (QED) is 0.790. The van der Waals surface area contributed by atoms with Gasteiger partial charge in [-0.1, -0.05) is 0 Å². The molecule has 3 nitrogen and oxygen atoms in total. The number of hydrogen-bond acceptors (Lipinski definition) is 2. The van der Waals surface area contributed by atoms with E-state index in [1.807, 2.05) is 20.8 Å². The van der Waals surface area contributed by atoms with Crippen LogP contribution in [0.25, 0.3) is 0 Å². The van der Waals surface area contributed by atoms with Gasteiger partial charge in [0.25, 0.3) is 0 Å². The lowest BCUT2D eigenvalue weighted by atomic mass is 10.1. The van der Waals surface area contributed by atoms with Gasteiger partial charge in [-0.25, -0.2) is 9.18 Å². The molecule has 0 saturated carbocycles. The Morgan fingerprint density at radius 3 is 2.40 bits per heavy atom. The number of carboxylic acid groups (broad SMARTS) is 1. The zero-order valence-electron chi connectivity index (χ0n) is 8.97. The molecule has 0 aliphatic carbocycles. The van der Waals surface area contributed by atoms with Crippen molar-refractivity contribution in [1.82, 2.24) is 0 Å². The van der Waals surface area contributed by atoms with Gasteiger partial charge in [-0.2, -0.15) is 0 Å². The molecule has 82 valence electrons. The van der Waals surface area contributed by atoms with Gasteiger partial charge in [-0.15, -0.1) is 0 Å². The minimum Gasteiger partial charge on any atom is -0.478 e. The normalized spacial score (nSPS) is 11.2. The SMILES string of the molecule is CC(C)(C)Nc1cc(F)cc(C(=O)O)c1. The standard InChI is InChI=1S/C11H14FNO2/c1-11(2,3)13-9-5-7(10(14)15)4-8(12)6-9/h4-6,13H,1-3H3,(H,14,15). The second-order valence-corrected chi connectivity index (χ2v) is 4.41. The Morgan fingerprint density at radius 1 is 1.33 bits per heavy atom. The molecule has 0 amide bonds. The van der Waals surface area contributed by atoms with Crippen LogP contribution in [0.4, 0.5) is 10.1 Å². The van der Waals surface area contributed by atoms with Crippen LogP contribution in [0.3, 0.4) is 0 Å². The summed E-state index contributed by atoms with van der Waals surface area (Å²) in [4.78, 5) is 10.7. The van der Waals surface area contributed by atoms with Gasteiger partial charge < -0.3 is 10.4 Å². The molecule has 0 aliphatic rings. The summed E-state index contributed by atoms with van der Waals surface area (Å²) < 4.78 is 13.1. The zero-order valence-corrected chi connectivity index (χ0v) is 8.97. The van der Waals surface area contributed by atoms with E-state index in [9.17, 15) is 9.18 Å². The summed E-state index contributed by atoms with van der Waals surface area (Å²) in [6.45, 7) is 5.75. The van der Waals surface area contributed by atoms with Crippen molar-refractivity contribution >= 4 is 11.7 Å². The Kier molecular flexibility index (Phi) is 2.98. The van der Waals surface area contributed by atoms with E-state index in [1.165, 1.54) is 12.1 Å². The average molecular weight is 211 g/mol. The first kappa shape index (κ1) is 11.5. The van der Waals surface area contributed by atoms with E-state index in [2.05, 4.69) is 5.32 Å². The smallest absolute Gasteiger partial charge is 0.335 e. The van der Waals surface area contributed by atoms with Crippen molar-refractivity contribution in [3.63, 3.8) is 0 Å². The highest BCUT2D eigenvalue weighted by molar-refractivity contribution is 5.88. The third kappa shape index (κ3) is 3.58. The molecule has 1 aromatic rings. The number of benzene rings is 1. The van der Waals surface area contributed by atoms with Gasteiger partial charge in [0.2, 0.25) is 0 Å². The summed E-state index contributed by atoms with van der Waals surface area (Å²) in [6.07, 6.45) is 0. The number of hydrogen-bond donors (Lipinski definition) is 2. The molecule has 15 heavy (non-hydrogen) atoms. The molecule has 0 atom stereocenters. The van der Waals surface area contributed by atoms with Gasteiger partial charge >= 0.3 is 5.97 Å². The summed E-state index contributed by atoms with van der Waals surface area (Å²) in [5.74, 6) is -1.69. The molecule has 1 aromatic carbocycles. The Morgan fingerprint density at radius 2 is 1.93 bits per heavy atom. The van der Waals surface area contributed by atoms with Gasteiger partial charge in [-0.05, 0) is 39.0 Å². The van der Waals surface area contributed by atoms with E-state index in [1.54, 1.807) is 0 Å². The van der Waals surface area contributed by atoms with Crippen LogP contribution in [0.15, 0.2) is 18.2 Å². The summed E-state index contributed by atoms with van der Waals surface area (Å²) in [5, 5.41) is 11.8. The summed E-state index contributed by atoms with van der Waals surface area (Å²) in [7, 11) is 0. The van der Waals surface area contributed by atoms with Crippen LogP contribution < -0.4 is 5.32 Å². The molecule has 0 aliphatic heterocycles. The summed E-state index contributed by atoms with van der Waals surface area (Å²) in [5.41, 5.74) is 0.186. The number of halogens is 1.